The van der Waals surface area contributed by atoms with Crippen LogP contribution in [0.3, 0.4) is 0 Å². The second-order valence-corrected chi connectivity index (χ2v) is 8.02. The SMILES string of the molecule is Cc1cc(-c2ccnc3cc(F)cc(F)c23)ncc1OCC(C)(N)CC(C)C. The maximum atomic E-state index is 14.4. The molecule has 2 aromatic heterocycles. The molecule has 1 unspecified atom stereocenters. The molecule has 0 aliphatic heterocycles. The van der Waals surface area contributed by atoms with Crippen molar-refractivity contribution >= 4 is 10.9 Å². The van der Waals surface area contributed by atoms with Crippen molar-refractivity contribution in [2.24, 2.45) is 11.7 Å². The van der Waals surface area contributed by atoms with Gasteiger partial charge in [0.2, 0.25) is 0 Å². The quantitative estimate of drug-likeness (QED) is 0.647. The second kappa shape index (κ2) is 7.80. The summed E-state index contributed by atoms with van der Waals surface area (Å²) in [5.74, 6) is -0.215. The molecule has 1 aromatic carbocycles. The lowest BCUT2D eigenvalue weighted by Gasteiger charge is -2.27. The molecular weight excluding hydrogens is 360 g/mol. The van der Waals surface area contributed by atoms with E-state index < -0.39 is 17.2 Å². The van der Waals surface area contributed by atoms with Gasteiger partial charge >= 0.3 is 0 Å². The highest BCUT2D eigenvalue weighted by Gasteiger charge is 2.21. The molecule has 1 atom stereocenters. The number of ether oxygens (including phenoxy) is 1. The Morgan fingerprint density at radius 3 is 2.61 bits per heavy atom. The highest BCUT2D eigenvalue weighted by atomic mass is 19.1. The van der Waals surface area contributed by atoms with Crippen molar-refractivity contribution < 1.29 is 13.5 Å². The third-order valence-corrected chi connectivity index (χ3v) is 4.53. The van der Waals surface area contributed by atoms with Gasteiger partial charge in [-0.05, 0) is 43.9 Å². The average molecular weight is 385 g/mol. The van der Waals surface area contributed by atoms with E-state index in [2.05, 4.69) is 23.8 Å². The number of pyridine rings is 2. The summed E-state index contributed by atoms with van der Waals surface area (Å²) >= 11 is 0. The van der Waals surface area contributed by atoms with Crippen LogP contribution < -0.4 is 10.5 Å². The highest BCUT2D eigenvalue weighted by Crippen LogP contribution is 2.31. The van der Waals surface area contributed by atoms with Gasteiger partial charge in [0.15, 0.2) is 0 Å². The van der Waals surface area contributed by atoms with Crippen LogP contribution in [0.2, 0.25) is 0 Å². The molecule has 2 N–H and O–H groups in total. The lowest BCUT2D eigenvalue weighted by atomic mass is 9.93. The summed E-state index contributed by atoms with van der Waals surface area (Å²) in [6, 6.07) is 5.56. The van der Waals surface area contributed by atoms with E-state index in [-0.39, 0.29) is 10.9 Å². The minimum atomic E-state index is -0.662. The van der Waals surface area contributed by atoms with E-state index in [1.165, 1.54) is 12.3 Å². The number of halogens is 2. The molecule has 0 fully saturated rings. The lowest BCUT2D eigenvalue weighted by molar-refractivity contribution is 0.205. The minimum absolute atomic E-state index is 0.246. The fraction of sp³-hybridized carbons (Fsp3) is 0.364. The summed E-state index contributed by atoms with van der Waals surface area (Å²) in [6.45, 7) is 8.48. The van der Waals surface area contributed by atoms with Crippen LogP contribution in [-0.4, -0.2) is 22.1 Å². The van der Waals surface area contributed by atoms with Gasteiger partial charge in [-0.3, -0.25) is 9.97 Å². The number of nitrogens with zero attached hydrogens (tertiary/aromatic N) is 2. The van der Waals surface area contributed by atoms with Gasteiger partial charge in [0.25, 0.3) is 0 Å². The van der Waals surface area contributed by atoms with Crippen molar-refractivity contribution in [1.29, 1.82) is 0 Å². The van der Waals surface area contributed by atoms with Crippen LogP contribution in [0, 0.1) is 24.5 Å². The Morgan fingerprint density at radius 2 is 1.93 bits per heavy atom. The molecule has 0 amide bonds. The first-order valence-electron chi connectivity index (χ1n) is 9.29. The van der Waals surface area contributed by atoms with Crippen molar-refractivity contribution in [3.8, 4) is 17.0 Å². The maximum Gasteiger partial charge on any atom is 0.140 e. The largest absolute Gasteiger partial charge is 0.490 e. The zero-order valence-electron chi connectivity index (χ0n) is 16.6. The van der Waals surface area contributed by atoms with Crippen LogP contribution in [0.5, 0.6) is 5.75 Å². The Bertz CT molecular complexity index is 1000. The van der Waals surface area contributed by atoms with Crippen molar-refractivity contribution in [1.82, 2.24) is 9.97 Å². The Balaban J connectivity index is 1.90. The molecule has 0 bridgehead atoms. The van der Waals surface area contributed by atoms with Crippen molar-refractivity contribution in [3.05, 3.63) is 53.9 Å². The van der Waals surface area contributed by atoms with E-state index in [4.69, 9.17) is 10.5 Å². The zero-order valence-corrected chi connectivity index (χ0v) is 16.6. The van der Waals surface area contributed by atoms with Gasteiger partial charge in [-0.1, -0.05) is 13.8 Å². The van der Waals surface area contributed by atoms with Crippen LogP contribution in [0.25, 0.3) is 22.2 Å². The molecule has 0 spiro atoms. The average Bonchev–Trinajstić information content (AvgIpc) is 2.58. The lowest BCUT2D eigenvalue weighted by Crippen LogP contribution is -2.43. The molecule has 28 heavy (non-hydrogen) atoms. The number of rotatable bonds is 6. The number of nitrogens with two attached hydrogens (primary N) is 1. The number of aryl methyl sites for hydroxylation is 1. The predicted octanol–water partition coefficient (Wildman–Crippen LogP) is 5.03. The van der Waals surface area contributed by atoms with Gasteiger partial charge < -0.3 is 10.5 Å². The van der Waals surface area contributed by atoms with Crippen LogP contribution >= 0.6 is 0 Å². The fourth-order valence-corrected chi connectivity index (χ4v) is 3.49. The summed E-state index contributed by atoms with van der Waals surface area (Å²) in [5, 5.41) is 0.246. The molecule has 2 heterocycles. The summed E-state index contributed by atoms with van der Waals surface area (Å²) in [5.41, 5.74) is 8.10. The molecule has 0 saturated carbocycles. The van der Waals surface area contributed by atoms with E-state index in [0.717, 1.165) is 18.1 Å². The summed E-state index contributed by atoms with van der Waals surface area (Å²) in [4.78, 5) is 8.49. The van der Waals surface area contributed by atoms with E-state index in [1.54, 1.807) is 12.3 Å². The van der Waals surface area contributed by atoms with Crippen molar-refractivity contribution in [2.75, 3.05) is 6.61 Å². The Kier molecular flexibility index (Phi) is 5.61. The standard InChI is InChI=1S/C22H25F2N3O/c1-13(2)10-22(4,25)12-28-20-11-27-18(7-14(20)3)16-5-6-26-19-9-15(23)8-17(24)21(16)19/h5-9,11,13H,10,12,25H2,1-4H3. The minimum Gasteiger partial charge on any atom is -0.490 e. The molecule has 0 radical (unpaired) electrons. The molecule has 0 aliphatic carbocycles. The Hall–Kier alpha value is -2.60. The molecule has 4 nitrogen and oxygen atoms in total. The van der Waals surface area contributed by atoms with Gasteiger partial charge in [-0.25, -0.2) is 8.78 Å². The van der Waals surface area contributed by atoms with Crippen LogP contribution in [-0.2, 0) is 0 Å². The third kappa shape index (κ3) is 4.44. The number of benzene rings is 1. The highest BCUT2D eigenvalue weighted by molar-refractivity contribution is 5.93. The van der Waals surface area contributed by atoms with E-state index in [9.17, 15) is 8.78 Å². The maximum absolute atomic E-state index is 14.4. The van der Waals surface area contributed by atoms with Gasteiger partial charge in [0.05, 0.1) is 17.4 Å². The summed E-state index contributed by atoms with van der Waals surface area (Å²) in [7, 11) is 0. The molecule has 6 heteroatoms. The molecule has 3 aromatic rings. The predicted molar refractivity (Wildman–Crippen MR) is 107 cm³/mol. The molecule has 0 saturated heterocycles. The Labute approximate surface area is 163 Å². The Morgan fingerprint density at radius 1 is 1.18 bits per heavy atom. The summed E-state index contributed by atoms with van der Waals surface area (Å²) in [6.07, 6.45) is 3.98. The van der Waals surface area contributed by atoms with Gasteiger partial charge in [-0.2, -0.15) is 0 Å². The molecule has 148 valence electrons. The van der Waals surface area contributed by atoms with Crippen molar-refractivity contribution in [2.45, 2.75) is 39.7 Å². The number of fused-ring (bicyclic) bond motifs is 1. The third-order valence-electron chi connectivity index (χ3n) is 4.53. The molecular formula is C22H25F2N3O. The van der Waals surface area contributed by atoms with E-state index in [0.29, 0.717) is 29.5 Å². The fourth-order valence-electron chi connectivity index (χ4n) is 3.49. The molecule has 3 rings (SSSR count). The monoisotopic (exact) mass is 385 g/mol. The summed E-state index contributed by atoms with van der Waals surface area (Å²) < 4.78 is 33.8. The van der Waals surface area contributed by atoms with E-state index >= 15 is 0 Å². The van der Waals surface area contributed by atoms with Gasteiger partial charge in [0, 0.05) is 34.8 Å². The smallest absolute Gasteiger partial charge is 0.140 e. The van der Waals surface area contributed by atoms with Gasteiger partial charge in [-0.15, -0.1) is 0 Å². The first kappa shape index (κ1) is 20.1. The second-order valence-electron chi connectivity index (χ2n) is 8.02. The number of hydrogen-bond donors (Lipinski definition) is 1. The normalized spacial score (nSPS) is 13.7. The number of hydrogen-bond acceptors (Lipinski definition) is 4. The first-order valence-corrected chi connectivity index (χ1v) is 9.29. The molecule has 0 aliphatic rings. The van der Waals surface area contributed by atoms with Crippen LogP contribution in [0.4, 0.5) is 8.78 Å². The zero-order chi connectivity index (χ0) is 20.5. The topological polar surface area (TPSA) is 61.0 Å². The van der Waals surface area contributed by atoms with Crippen molar-refractivity contribution in [3.63, 3.8) is 0 Å². The van der Waals surface area contributed by atoms with Gasteiger partial charge in [0.1, 0.15) is 24.0 Å². The first-order chi connectivity index (χ1) is 13.2. The number of aromatic nitrogens is 2. The van der Waals surface area contributed by atoms with E-state index in [1.807, 2.05) is 19.9 Å². The van der Waals surface area contributed by atoms with Crippen LogP contribution in [0.15, 0.2) is 36.7 Å². The van der Waals surface area contributed by atoms with Crippen LogP contribution in [0.1, 0.15) is 32.8 Å².